The Bertz CT molecular complexity index is 487. The van der Waals surface area contributed by atoms with Gasteiger partial charge in [0.15, 0.2) is 0 Å². The molecule has 96 valence electrons. The quantitative estimate of drug-likeness (QED) is 0.781. The van der Waals surface area contributed by atoms with Crippen LogP contribution in [0.4, 0.5) is 5.95 Å². The summed E-state index contributed by atoms with van der Waals surface area (Å²) in [5.41, 5.74) is 7.24. The summed E-state index contributed by atoms with van der Waals surface area (Å²) in [6.45, 7) is 2.64. The van der Waals surface area contributed by atoms with E-state index in [-0.39, 0.29) is 5.75 Å². The highest BCUT2D eigenvalue weighted by Crippen LogP contribution is 2.09. The number of aryl methyl sites for hydroxylation is 1. The maximum absolute atomic E-state index is 11.1. The first-order valence-corrected chi connectivity index (χ1v) is 7.31. The Balaban J connectivity index is 2.76. The van der Waals surface area contributed by atoms with Crippen LogP contribution in [0.15, 0.2) is 6.20 Å². The fourth-order valence-corrected chi connectivity index (χ4v) is 1.87. The fourth-order valence-electron chi connectivity index (χ4n) is 1.27. The molecule has 0 aliphatic carbocycles. The first-order valence-electron chi connectivity index (χ1n) is 5.25. The molecule has 1 aromatic heterocycles. The lowest BCUT2D eigenvalue weighted by atomic mass is 10.2. The van der Waals surface area contributed by atoms with Crippen molar-refractivity contribution in [3.63, 3.8) is 0 Å². The number of anilines is 1. The van der Waals surface area contributed by atoms with Crippen LogP contribution in [-0.4, -0.2) is 44.0 Å². The van der Waals surface area contributed by atoms with E-state index in [0.29, 0.717) is 19.0 Å². The standard InChI is InChI=1S/C10H18N4O2S/c1-8-9(6-11)7-12-10(13-8)14(2)4-5-17(3,15)16/h7H,4-6,11H2,1-3H3. The monoisotopic (exact) mass is 258 g/mol. The molecule has 0 fully saturated rings. The molecule has 17 heavy (non-hydrogen) atoms. The molecule has 7 heteroatoms. The fraction of sp³-hybridized carbons (Fsp3) is 0.600. The van der Waals surface area contributed by atoms with Crippen LogP contribution in [0.2, 0.25) is 0 Å². The normalized spacial score (nSPS) is 11.5. The average molecular weight is 258 g/mol. The van der Waals surface area contributed by atoms with Gasteiger partial charge in [-0.05, 0) is 6.92 Å². The van der Waals surface area contributed by atoms with Gasteiger partial charge in [-0.15, -0.1) is 0 Å². The minimum atomic E-state index is -2.97. The van der Waals surface area contributed by atoms with Crippen LogP contribution in [-0.2, 0) is 16.4 Å². The number of hydrogen-bond donors (Lipinski definition) is 1. The zero-order chi connectivity index (χ0) is 13.1. The Hall–Kier alpha value is -1.21. The van der Waals surface area contributed by atoms with E-state index in [1.807, 2.05) is 6.92 Å². The van der Waals surface area contributed by atoms with Gasteiger partial charge in [0.05, 0.1) is 5.75 Å². The summed E-state index contributed by atoms with van der Waals surface area (Å²) in [6.07, 6.45) is 2.89. The van der Waals surface area contributed by atoms with Gasteiger partial charge in [0.25, 0.3) is 0 Å². The lowest BCUT2D eigenvalue weighted by molar-refractivity contribution is 0.600. The third-order valence-corrected chi connectivity index (χ3v) is 3.35. The lowest BCUT2D eigenvalue weighted by Crippen LogP contribution is -2.26. The van der Waals surface area contributed by atoms with E-state index >= 15 is 0 Å². The largest absolute Gasteiger partial charge is 0.343 e. The van der Waals surface area contributed by atoms with Crippen LogP contribution in [0.1, 0.15) is 11.3 Å². The predicted molar refractivity (Wildman–Crippen MR) is 67.6 cm³/mol. The summed E-state index contributed by atoms with van der Waals surface area (Å²) in [4.78, 5) is 10.2. The molecule has 0 bridgehead atoms. The maximum Gasteiger partial charge on any atom is 0.225 e. The number of rotatable bonds is 5. The van der Waals surface area contributed by atoms with Gasteiger partial charge in [0, 0.05) is 43.8 Å². The molecule has 0 aliphatic rings. The molecule has 0 atom stereocenters. The maximum atomic E-state index is 11.1. The molecule has 0 aliphatic heterocycles. The Morgan fingerprint density at radius 2 is 2.12 bits per heavy atom. The number of hydrogen-bond acceptors (Lipinski definition) is 6. The number of aromatic nitrogens is 2. The first kappa shape index (κ1) is 13.9. The smallest absolute Gasteiger partial charge is 0.225 e. The van der Waals surface area contributed by atoms with E-state index < -0.39 is 9.84 Å². The van der Waals surface area contributed by atoms with Crippen molar-refractivity contribution >= 4 is 15.8 Å². The van der Waals surface area contributed by atoms with Crippen molar-refractivity contribution in [3.8, 4) is 0 Å². The minimum absolute atomic E-state index is 0.0878. The van der Waals surface area contributed by atoms with Crippen molar-refractivity contribution < 1.29 is 8.42 Å². The lowest BCUT2D eigenvalue weighted by Gasteiger charge is -2.17. The molecular weight excluding hydrogens is 240 g/mol. The first-order chi connectivity index (χ1) is 7.83. The highest BCUT2D eigenvalue weighted by atomic mass is 32.2. The Morgan fingerprint density at radius 3 is 2.59 bits per heavy atom. The van der Waals surface area contributed by atoms with Crippen molar-refractivity contribution in [2.75, 3.05) is 30.5 Å². The molecule has 0 spiro atoms. The predicted octanol–water partition coefficient (Wildman–Crippen LogP) is -0.275. The van der Waals surface area contributed by atoms with Crippen molar-refractivity contribution in [2.45, 2.75) is 13.5 Å². The molecule has 0 amide bonds. The summed E-state index contributed by atoms with van der Waals surface area (Å²) in [7, 11) is -1.20. The van der Waals surface area contributed by atoms with Crippen LogP contribution >= 0.6 is 0 Å². The molecule has 1 rings (SSSR count). The molecule has 0 unspecified atom stereocenters. The van der Waals surface area contributed by atoms with Gasteiger partial charge in [-0.2, -0.15) is 0 Å². The van der Waals surface area contributed by atoms with Gasteiger partial charge in [-0.3, -0.25) is 0 Å². The van der Waals surface area contributed by atoms with Crippen LogP contribution in [0.5, 0.6) is 0 Å². The third kappa shape index (κ3) is 4.27. The van der Waals surface area contributed by atoms with E-state index in [1.54, 1.807) is 18.1 Å². The molecule has 0 saturated heterocycles. The van der Waals surface area contributed by atoms with Crippen molar-refractivity contribution in [1.82, 2.24) is 9.97 Å². The number of sulfone groups is 1. The van der Waals surface area contributed by atoms with E-state index in [9.17, 15) is 8.42 Å². The summed E-state index contributed by atoms with van der Waals surface area (Å²) in [5.74, 6) is 0.605. The molecule has 2 N–H and O–H groups in total. The summed E-state index contributed by atoms with van der Waals surface area (Å²) >= 11 is 0. The molecule has 1 heterocycles. The van der Waals surface area contributed by atoms with E-state index in [4.69, 9.17) is 5.73 Å². The SMILES string of the molecule is Cc1nc(N(C)CCS(C)(=O)=O)ncc1CN. The molecule has 1 aromatic rings. The zero-order valence-corrected chi connectivity index (χ0v) is 11.2. The summed E-state index contributed by atoms with van der Waals surface area (Å²) in [5, 5.41) is 0. The van der Waals surface area contributed by atoms with E-state index in [1.165, 1.54) is 6.26 Å². The molecule has 0 aromatic carbocycles. The summed E-state index contributed by atoms with van der Waals surface area (Å²) in [6, 6.07) is 0. The van der Waals surface area contributed by atoms with Crippen LogP contribution < -0.4 is 10.6 Å². The summed E-state index contributed by atoms with van der Waals surface area (Å²) < 4.78 is 22.1. The van der Waals surface area contributed by atoms with Crippen LogP contribution in [0, 0.1) is 6.92 Å². The molecule has 6 nitrogen and oxygen atoms in total. The number of nitrogens with two attached hydrogens (primary N) is 1. The highest BCUT2D eigenvalue weighted by molar-refractivity contribution is 7.90. The topological polar surface area (TPSA) is 89.2 Å². The second-order valence-corrected chi connectivity index (χ2v) is 6.30. The second-order valence-electron chi connectivity index (χ2n) is 4.04. The Kier molecular flexibility index (Phi) is 4.41. The van der Waals surface area contributed by atoms with Gasteiger partial charge in [-0.1, -0.05) is 0 Å². The Morgan fingerprint density at radius 1 is 1.47 bits per heavy atom. The van der Waals surface area contributed by atoms with Gasteiger partial charge < -0.3 is 10.6 Å². The Labute approximate surface area is 102 Å². The van der Waals surface area contributed by atoms with Crippen LogP contribution in [0.3, 0.4) is 0 Å². The second kappa shape index (κ2) is 5.42. The zero-order valence-electron chi connectivity index (χ0n) is 10.3. The van der Waals surface area contributed by atoms with Gasteiger partial charge in [-0.25, -0.2) is 18.4 Å². The van der Waals surface area contributed by atoms with E-state index in [2.05, 4.69) is 9.97 Å². The van der Waals surface area contributed by atoms with E-state index in [0.717, 1.165) is 11.3 Å². The third-order valence-electron chi connectivity index (χ3n) is 2.43. The van der Waals surface area contributed by atoms with Crippen molar-refractivity contribution in [3.05, 3.63) is 17.5 Å². The average Bonchev–Trinajstić information content (AvgIpc) is 2.24. The van der Waals surface area contributed by atoms with Gasteiger partial charge in [0.2, 0.25) is 5.95 Å². The van der Waals surface area contributed by atoms with Gasteiger partial charge >= 0.3 is 0 Å². The van der Waals surface area contributed by atoms with Crippen LogP contribution in [0.25, 0.3) is 0 Å². The highest BCUT2D eigenvalue weighted by Gasteiger charge is 2.09. The minimum Gasteiger partial charge on any atom is -0.343 e. The van der Waals surface area contributed by atoms with Crippen molar-refractivity contribution in [2.24, 2.45) is 5.73 Å². The molecular formula is C10H18N4O2S. The molecule has 0 saturated carbocycles. The van der Waals surface area contributed by atoms with Gasteiger partial charge in [0.1, 0.15) is 9.84 Å². The van der Waals surface area contributed by atoms with Crippen molar-refractivity contribution in [1.29, 1.82) is 0 Å². The number of nitrogens with zero attached hydrogens (tertiary/aromatic N) is 3. The molecule has 0 radical (unpaired) electrons.